The van der Waals surface area contributed by atoms with Crippen molar-refractivity contribution in [2.75, 3.05) is 4.72 Å². The van der Waals surface area contributed by atoms with Gasteiger partial charge >= 0.3 is 0 Å². The molecule has 3 nitrogen and oxygen atoms in total. The van der Waals surface area contributed by atoms with E-state index in [1.165, 1.54) is 35.6 Å². The lowest BCUT2D eigenvalue weighted by Crippen LogP contribution is -2.11. The molecule has 1 heterocycles. The third-order valence-electron chi connectivity index (χ3n) is 2.40. The number of thiophene rings is 1. The molecule has 0 atom stereocenters. The number of sulfonamides is 1. The highest BCUT2D eigenvalue weighted by atomic mass is 32.2. The molecular formula is C12H12FNO2S2. The second-order valence-corrected chi connectivity index (χ2v) is 7.13. The first-order valence-electron chi connectivity index (χ1n) is 5.24. The highest BCUT2D eigenvalue weighted by Gasteiger charge is 2.16. The van der Waals surface area contributed by atoms with Gasteiger partial charge in [-0.25, -0.2) is 12.8 Å². The minimum atomic E-state index is -3.62. The van der Waals surface area contributed by atoms with Gasteiger partial charge in [0.2, 0.25) is 0 Å². The Bertz CT molecular complexity index is 677. The summed E-state index contributed by atoms with van der Waals surface area (Å²) in [5, 5.41) is 0. The molecule has 0 aliphatic heterocycles. The largest absolute Gasteiger partial charge is 0.279 e. The molecular weight excluding hydrogens is 273 g/mol. The average Bonchev–Trinajstić information content (AvgIpc) is 2.71. The molecule has 0 amide bonds. The van der Waals surface area contributed by atoms with E-state index in [-0.39, 0.29) is 9.90 Å². The number of anilines is 1. The van der Waals surface area contributed by atoms with Crippen molar-refractivity contribution in [3.05, 3.63) is 46.6 Å². The van der Waals surface area contributed by atoms with Crippen LogP contribution in [0.25, 0.3) is 0 Å². The molecule has 0 aliphatic carbocycles. The Morgan fingerprint density at radius 1 is 1.17 bits per heavy atom. The highest BCUT2D eigenvalue weighted by molar-refractivity contribution is 7.94. The first kappa shape index (κ1) is 13.0. The van der Waals surface area contributed by atoms with E-state index < -0.39 is 15.8 Å². The van der Waals surface area contributed by atoms with Crippen molar-refractivity contribution in [3.63, 3.8) is 0 Å². The molecule has 0 unspecified atom stereocenters. The van der Waals surface area contributed by atoms with Crippen LogP contribution < -0.4 is 4.72 Å². The van der Waals surface area contributed by atoms with E-state index in [0.717, 1.165) is 4.88 Å². The van der Waals surface area contributed by atoms with E-state index in [1.807, 2.05) is 6.92 Å². The third-order valence-corrected chi connectivity index (χ3v) is 5.28. The number of rotatable bonds is 3. The Morgan fingerprint density at radius 3 is 2.44 bits per heavy atom. The van der Waals surface area contributed by atoms with Crippen LogP contribution in [0.3, 0.4) is 0 Å². The van der Waals surface area contributed by atoms with Crippen LogP contribution in [-0.2, 0) is 10.0 Å². The fourth-order valence-corrected chi connectivity index (χ4v) is 3.75. The Kier molecular flexibility index (Phi) is 3.41. The number of halogens is 1. The molecule has 0 spiro atoms. The summed E-state index contributed by atoms with van der Waals surface area (Å²) in [7, 11) is -3.62. The van der Waals surface area contributed by atoms with E-state index in [9.17, 15) is 12.8 Å². The third kappa shape index (κ3) is 2.70. The summed E-state index contributed by atoms with van der Waals surface area (Å²) < 4.78 is 39.9. The van der Waals surface area contributed by atoms with Gasteiger partial charge in [-0.05, 0) is 43.7 Å². The van der Waals surface area contributed by atoms with Crippen LogP contribution in [0, 0.1) is 19.7 Å². The molecule has 0 radical (unpaired) electrons. The minimum Gasteiger partial charge on any atom is -0.279 e. The van der Waals surface area contributed by atoms with Gasteiger partial charge in [0.15, 0.2) is 0 Å². The van der Waals surface area contributed by atoms with Crippen molar-refractivity contribution in [1.82, 2.24) is 0 Å². The van der Waals surface area contributed by atoms with Crippen molar-refractivity contribution in [3.8, 4) is 0 Å². The maximum absolute atomic E-state index is 13.3. The molecule has 1 aromatic heterocycles. The molecule has 18 heavy (non-hydrogen) atoms. The van der Waals surface area contributed by atoms with Crippen LogP contribution in [0.4, 0.5) is 10.1 Å². The summed E-state index contributed by atoms with van der Waals surface area (Å²) in [4.78, 5) is 0.908. The fourth-order valence-electron chi connectivity index (χ4n) is 1.42. The minimum absolute atomic E-state index is 0.223. The van der Waals surface area contributed by atoms with Gasteiger partial charge in [-0.1, -0.05) is 6.07 Å². The van der Waals surface area contributed by atoms with Gasteiger partial charge in [0, 0.05) is 4.88 Å². The second kappa shape index (κ2) is 4.70. The lowest BCUT2D eigenvalue weighted by Gasteiger charge is -2.07. The Balaban J connectivity index is 2.30. The molecule has 2 rings (SSSR count). The molecule has 1 N–H and O–H groups in total. The average molecular weight is 285 g/mol. The lowest BCUT2D eigenvalue weighted by molar-refractivity contribution is 0.603. The van der Waals surface area contributed by atoms with Gasteiger partial charge in [-0.2, -0.15) is 0 Å². The van der Waals surface area contributed by atoms with E-state index in [2.05, 4.69) is 4.72 Å². The van der Waals surface area contributed by atoms with E-state index in [4.69, 9.17) is 0 Å². The zero-order valence-electron chi connectivity index (χ0n) is 9.90. The highest BCUT2D eigenvalue weighted by Crippen LogP contribution is 2.24. The Hall–Kier alpha value is -1.40. The number of aryl methyl sites for hydroxylation is 2. The Morgan fingerprint density at radius 2 is 1.89 bits per heavy atom. The standard InChI is InChI=1S/C12H12FNO2S2/c1-8-3-5-10(7-11(8)13)14-18(15,16)12-6-4-9(2)17-12/h3-7,14H,1-2H3. The van der Waals surface area contributed by atoms with Crippen molar-refractivity contribution in [2.24, 2.45) is 0 Å². The fraction of sp³-hybridized carbons (Fsp3) is 0.167. The predicted molar refractivity (Wildman–Crippen MR) is 71.0 cm³/mol. The molecule has 96 valence electrons. The number of hydrogen-bond donors (Lipinski definition) is 1. The van der Waals surface area contributed by atoms with Crippen molar-refractivity contribution in [1.29, 1.82) is 0 Å². The number of benzene rings is 1. The first-order valence-corrected chi connectivity index (χ1v) is 7.54. The summed E-state index contributed by atoms with van der Waals surface area (Å²) >= 11 is 1.18. The van der Waals surface area contributed by atoms with E-state index in [1.54, 1.807) is 13.0 Å². The van der Waals surface area contributed by atoms with Crippen LogP contribution in [-0.4, -0.2) is 8.42 Å². The van der Waals surface area contributed by atoms with Crippen molar-refractivity contribution >= 4 is 27.0 Å². The summed E-state index contributed by atoms with van der Waals surface area (Å²) in [6.07, 6.45) is 0. The molecule has 0 saturated heterocycles. The van der Waals surface area contributed by atoms with E-state index >= 15 is 0 Å². The van der Waals surface area contributed by atoms with Gasteiger partial charge in [0.1, 0.15) is 10.0 Å². The normalized spacial score (nSPS) is 11.5. The van der Waals surface area contributed by atoms with Gasteiger partial charge in [0.05, 0.1) is 5.69 Å². The van der Waals surface area contributed by atoms with Crippen LogP contribution in [0.15, 0.2) is 34.5 Å². The molecule has 6 heteroatoms. The van der Waals surface area contributed by atoms with Crippen LogP contribution in [0.1, 0.15) is 10.4 Å². The number of nitrogens with one attached hydrogen (secondary N) is 1. The molecule has 0 aliphatic rings. The zero-order chi connectivity index (χ0) is 13.3. The van der Waals surface area contributed by atoms with Gasteiger partial charge in [-0.15, -0.1) is 11.3 Å². The molecule has 0 fully saturated rings. The predicted octanol–water partition coefficient (Wildman–Crippen LogP) is 3.30. The lowest BCUT2D eigenvalue weighted by atomic mass is 10.2. The molecule has 0 saturated carbocycles. The summed E-state index contributed by atoms with van der Waals surface area (Å²) in [5.41, 5.74) is 0.703. The monoisotopic (exact) mass is 285 g/mol. The quantitative estimate of drug-likeness (QED) is 0.940. The smallest absolute Gasteiger partial charge is 0.271 e. The summed E-state index contributed by atoms with van der Waals surface area (Å²) in [6.45, 7) is 3.45. The van der Waals surface area contributed by atoms with Crippen LogP contribution >= 0.6 is 11.3 Å². The van der Waals surface area contributed by atoms with E-state index in [0.29, 0.717) is 5.56 Å². The van der Waals surface area contributed by atoms with Crippen LogP contribution in [0.2, 0.25) is 0 Å². The maximum Gasteiger partial charge on any atom is 0.271 e. The Labute approximate surface area is 109 Å². The molecule has 2 aromatic rings. The van der Waals surface area contributed by atoms with Gasteiger partial charge < -0.3 is 0 Å². The van der Waals surface area contributed by atoms with Crippen molar-refractivity contribution < 1.29 is 12.8 Å². The summed E-state index contributed by atoms with van der Waals surface area (Å²) in [5.74, 6) is -0.433. The van der Waals surface area contributed by atoms with Crippen molar-refractivity contribution in [2.45, 2.75) is 18.1 Å². The SMILES string of the molecule is Cc1ccc(S(=O)(=O)Nc2ccc(C)c(F)c2)s1. The molecule has 0 bridgehead atoms. The summed E-state index contributed by atoms with van der Waals surface area (Å²) in [6, 6.07) is 7.51. The first-order chi connectivity index (χ1) is 8.38. The number of hydrogen-bond acceptors (Lipinski definition) is 3. The molecule has 1 aromatic carbocycles. The van der Waals surface area contributed by atoms with Gasteiger partial charge in [0.25, 0.3) is 10.0 Å². The second-order valence-electron chi connectivity index (χ2n) is 3.93. The zero-order valence-corrected chi connectivity index (χ0v) is 11.5. The van der Waals surface area contributed by atoms with Crippen LogP contribution in [0.5, 0.6) is 0 Å². The van der Waals surface area contributed by atoms with Gasteiger partial charge in [-0.3, -0.25) is 4.72 Å². The maximum atomic E-state index is 13.3. The topological polar surface area (TPSA) is 46.2 Å².